The second kappa shape index (κ2) is 44.5. The highest BCUT2D eigenvalue weighted by Gasteiger charge is 2.19. The van der Waals surface area contributed by atoms with Crippen molar-refractivity contribution in [1.29, 1.82) is 0 Å². The molecule has 0 aliphatic carbocycles. The Balaban J connectivity index is 4.29. The molecule has 0 heterocycles. The number of carbonyl (C=O) groups excluding carboxylic acids is 3. The summed E-state index contributed by atoms with van der Waals surface area (Å²) in [6.07, 6.45) is 43.8. The average Bonchev–Trinajstić information content (AvgIpc) is 3.19. The van der Waals surface area contributed by atoms with E-state index in [9.17, 15) is 14.4 Å². The molecule has 0 saturated carbocycles. The maximum Gasteiger partial charge on any atom is 0.306 e. The Morgan fingerprint density at radius 1 is 0.288 bits per heavy atom. The number of carbonyl (C=O) groups is 3. The molecule has 0 bridgehead atoms. The van der Waals surface area contributed by atoms with E-state index in [1.165, 1.54) is 167 Å². The topological polar surface area (TPSA) is 78.9 Å². The fraction of sp³-hybridized carbons (Fsp3) is 0.943. The zero-order chi connectivity index (χ0) is 43.4. The van der Waals surface area contributed by atoms with Crippen molar-refractivity contribution in [2.75, 3.05) is 13.2 Å². The van der Waals surface area contributed by atoms with Crippen LogP contribution < -0.4 is 0 Å². The first-order valence-electron chi connectivity index (χ1n) is 26.1. The number of hydrogen-bond donors (Lipinski definition) is 0. The molecule has 0 rings (SSSR count). The third-order valence-electron chi connectivity index (χ3n) is 11.9. The molecule has 6 nitrogen and oxygen atoms in total. The normalized spacial score (nSPS) is 12.2. The van der Waals surface area contributed by atoms with Crippen molar-refractivity contribution >= 4 is 17.9 Å². The molecule has 0 aliphatic rings. The fourth-order valence-electron chi connectivity index (χ4n) is 7.94. The smallest absolute Gasteiger partial charge is 0.306 e. The standard InChI is InChI=1S/C53H102O6/c1-47(2)39-33-27-21-15-11-9-7-8-10-12-17-24-30-36-42-51(54)57-45-50(46-58-52(55)43-37-31-25-20-19-23-29-35-41-49(5)6)59-53(56)44-38-32-26-18-14-13-16-22-28-34-40-48(3)4/h47-50H,7-46H2,1-6H3/t50-/m1/s1. The van der Waals surface area contributed by atoms with Crippen LogP contribution in [0.2, 0.25) is 0 Å². The minimum Gasteiger partial charge on any atom is -0.462 e. The average molecular weight is 835 g/mol. The van der Waals surface area contributed by atoms with Crippen molar-refractivity contribution in [3.63, 3.8) is 0 Å². The first kappa shape index (κ1) is 57.4. The molecule has 0 fully saturated rings. The molecular weight excluding hydrogens is 733 g/mol. The summed E-state index contributed by atoms with van der Waals surface area (Å²) >= 11 is 0. The molecule has 0 unspecified atom stereocenters. The highest BCUT2D eigenvalue weighted by Crippen LogP contribution is 2.18. The molecule has 0 aromatic carbocycles. The van der Waals surface area contributed by atoms with Crippen LogP contribution in [0.5, 0.6) is 0 Å². The van der Waals surface area contributed by atoms with Crippen LogP contribution in [0.1, 0.15) is 286 Å². The predicted octanol–water partition coefficient (Wildman–Crippen LogP) is 16.8. The van der Waals surface area contributed by atoms with Crippen molar-refractivity contribution in [3.8, 4) is 0 Å². The van der Waals surface area contributed by atoms with E-state index >= 15 is 0 Å². The summed E-state index contributed by atoms with van der Waals surface area (Å²) in [5, 5.41) is 0. The van der Waals surface area contributed by atoms with Gasteiger partial charge in [-0.05, 0) is 37.0 Å². The maximum absolute atomic E-state index is 12.8. The van der Waals surface area contributed by atoms with Crippen LogP contribution in [-0.4, -0.2) is 37.2 Å². The van der Waals surface area contributed by atoms with Gasteiger partial charge in [0.25, 0.3) is 0 Å². The first-order chi connectivity index (χ1) is 28.6. The number of rotatable bonds is 46. The molecule has 0 radical (unpaired) electrons. The minimum atomic E-state index is -0.763. The molecule has 0 amide bonds. The highest BCUT2D eigenvalue weighted by atomic mass is 16.6. The van der Waals surface area contributed by atoms with Gasteiger partial charge in [0.05, 0.1) is 0 Å². The van der Waals surface area contributed by atoms with E-state index in [2.05, 4.69) is 41.5 Å². The lowest BCUT2D eigenvalue weighted by Crippen LogP contribution is -2.30. The van der Waals surface area contributed by atoms with E-state index in [0.717, 1.165) is 75.5 Å². The van der Waals surface area contributed by atoms with Crippen molar-refractivity contribution in [2.45, 2.75) is 292 Å². The number of ether oxygens (including phenoxy) is 3. The molecular formula is C53H102O6. The molecule has 6 heteroatoms. The molecule has 350 valence electrons. The van der Waals surface area contributed by atoms with Gasteiger partial charge >= 0.3 is 17.9 Å². The third kappa shape index (κ3) is 47.3. The summed E-state index contributed by atoms with van der Waals surface area (Å²) in [6.45, 7) is 13.7. The molecule has 0 aromatic rings. The van der Waals surface area contributed by atoms with Crippen LogP contribution in [0, 0.1) is 17.8 Å². The van der Waals surface area contributed by atoms with Gasteiger partial charge in [0, 0.05) is 19.3 Å². The predicted molar refractivity (Wildman–Crippen MR) is 252 cm³/mol. The van der Waals surface area contributed by atoms with E-state index < -0.39 is 6.10 Å². The van der Waals surface area contributed by atoms with Crippen molar-refractivity contribution in [3.05, 3.63) is 0 Å². The monoisotopic (exact) mass is 835 g/mol. The molecule has 59 heavy (non-hydrogen) atoms. The van der Waals surface area contributed by atoms with Gasteiger partial charge in [0.2, 0.25) is 0 Å². The second-order valence-corrected chi connectivity index (χ2v) is 19.6. The van der Waals surface area contributed by atoms with Crippen LogP contribution >= 0.6 is 0 Å². The summed E-state index contributed by atoms with van der Waals surface area (Å²) in [5.41, 5.74) is 0. The summed E-state index contributed by atoms with van der Waals surface area (Å²) in [7, 11) is 0. The maximum atomic E-state index is 12.8. The zero-order valence-corrected chi connectivity index (χ0v) is 40.5. The quantitative estimate of drug-likeness (QED) is 0.0345. The molecule has 0 saturated heterocycles. The van der Waals surface area contributed by atoms with Crippen LogP contribution in [0.25, 0.3) is 0 Å². The number of unbranched alkanes of at least 4 members (excludes halogenated alkanes) is 29. The summed E-state index contributed by atoms with van der Waals surface area (Å²) in [5.74, 6) is 1.60. The Kier molecular flexibility index (Phi) is 43.3. The van der Waals surface area contributed by atoms with Gasteiger partial charge in [-0.2, -0.15) is 0 Å². The summed E-state index contributed by atoms with van der Waals surface area (Å²) in [4.78, 5) is 37.9. The summed E-state index contributed by atoms with van der Waals surface area (Å²) < 4.78 is 16.8. The SMILES string of the molecule is CC(C)CCCCCCCCCCCCCCCCC(=O)OC[C@H](COC(=O)CCCCCCCCCCC(C)C)OC(=O)CCCCCCCCCCCCC(C)C. The van der Waals surface area contributed by atoms with Crippen LogP contribution in [0.15, 0.2) is 0 Å². The summed E-state index contributed by atoms with van der Waals surface area (Å²) in [6, 6.07) is 0. The van der Waals surface area contributed by atoms with Gasteiger partial charge in [-0.15, -0.1) is 0 Å². The largest absolute Gasteiger partial charge is 0.462 e. The Labute approximate surface area is 368 Å². The van der Waals surface area contributed by atoms with E-state index in [1.807, 2.05) is 0 Å². The lowest BCUT2D eigenvalue weighted by Gasteiger charge is -2.18. The van der Waals surface area contributed by atoms with Gasteiger partial charge in [0.1, 0.15) is 13.2 Å². The van der Waals surface area contributed by atoms with E-state index in [-0.39, 0.29) is 31.1 Å². The first-order valence-corrected chi connectivity index (χ1v) is 26.1. The van der Waals surface area contributed by atoms with Gasteiger partial charge in [-0.3, -0.25) is 14.4 Å². The minimum absolute atomic E-state index is 0.0649. The van der Waals surface area contributed by atoms with Crippen LogP contribution in [-0.2, 0) is 28.6 Å². The Morgan fingerprint density at radius 2 is 0.492 bits per heavy atom. The van der Waals surface area contributed by atoms with E-state index in [4.69, 9.17) is 14.2 Å². The molecule has 0 aromatic heterocycles. The molecule has 0 aliphatic heterocycles. The van der Waals surface area contributed by atoms with Gasteiger partial charge < -0.3 is 14.2 Å². The highest BCUT2D eigenvalue weighted by molar-refractivity contribution is 5.71. The van der Waals surface area contributed by atoms with Crippen LogP contribution in [0.3, 0.4) is 0 Å². The van der Waals surface area contributed by atoms with Crippen molar-refractivity contribution in [2.24, 2.45) is 17.8 Å². The van der Waals surface area contributed by atoms with Crippen LogP contribution in [0.4, 0.5) is 0 Å². The molecule has 0 spiro atoms. The fourth-order valence-corrected chi connectivity index (χ4v) is 7.94. The van der Waals surface area contributed by atoms with Gasteiger partial charge in [-0.1, -0.05) is 247 Å². The molecule has 1 atom stereocenters. The third-order valence-corrected chi connectivity index (χ3v) is 11.9. The Bertz CT molecular complexity index is 914. The second-order valence-electron chi connectivity index (χ2n) is 19.6. The van der Waals surface area contributed by atoms with E-state index in [0.29, 0.717) is 19.3 Å². The zero-order valence-electron chi connectivity index (χ0n) is 40.5. The van der Waals surface area contributed by atoms with Gasteiger partial charge in [0.15, 0.2) is 6.10 Å². The van der Waals surface area contributed by atoms with E-state index in [1.54, 1.807) is 0 Å². The van der Waals surface area contributed by atoms with Gasteiger partial charge in [-0.25, -0.2) is 0 Å². The number of esters is 3. The van der Waals surface area contributed by atoms with Crippen molar-refractivity contribution in [1.82, 2.24) is 0 Å². The van der Waals surface area contributed by atoms with Crippen molar-refractivity contribution < 1.29 is 28.6 Å². The lowest BCUT2D eigenvalue weighted by molar-refractivity contribution is -0.167. The Hall–Kier alpha value is -1.59. The Morgan fingerprint density at radius 3 is 0.729 bits per heavy atom. The molecule has 0 N–H and O–H groups in total. The lowest BCUT2D eigenvalue weighted by atomic mass is 10.0. The number of hydrogen-bond acceptors (Lipinski definition) is 6.